The summed E-state index contributed by atoms with van der Waals surface area (Å²) in [6.07, 6.45) is 0. The van der Waals surface area contributed by atoms with Crippen molar-refractivity contribution in [1.82, 2.24) is 9.97 Å². The van der Waals surface area contributed by atoms with E-state index >= 15 is 0 Å². The van der Waals surface area contributed by atoms with Crippen molar-refractivity contribution in [1.29, 1.82) is 0 Å². The standard InChI is InChI=1S/C14H10BrN3O/c15-12-6-3-7-13(17-12)18-14(19)11-8-9-4-1-2-5-10(9)16-11/h1-8,16H,(H,17,18,19). The molecule has 3 rings (SSSR count). The van der Waals surface area contributed by atoms with E-state index in [0.29, 0.717) is 16.1 Å². The largest absolute Gasteiger partial charge is 0.351 e. The van der Waals surface area contributed by atoms with Gasteiger partial charge in [0.2, 0.25) is 0 Å². The molecule has 0 radical (unpaired) electrons. The number of hydrogen-bond acceptors (Lipinski definition) is 2. The normalized spacial score (nSPS) is 10.6. The van der Waals surface area contributed by atoms with Gasteiger partial charge < -0.3 is 10.3 Å². The van der Waals surface area contributed by atoms with Crippen LogP contribution in [0.15, 0.2) is 53.1 Å². The first-order valence-corrected chi connectivity index (χ1v) is 6.53. The fourth-order valence-electron chi connectivity index (χ4n) is 1.86. The average molecular weight is 316 g/mol. The van der Waals surface area contributed by atoms with Gasteiger partial charge >= 0.3 is 0 Å². The lowest BCUT2D eigenvalue weighted by molar-refractivity contribution is 0.102. The molecule has 0 bridgehead atoms. The molecular weight excluding hydrogens is 306 g/mol. The van der Waals surface area contributed by atoms with Crippen LogP contribution < -0.4 is 5.32 Å². The van der Waals surface area contributed by atoms with Crippen molar-refractivity contribution in [2.45, 2.75) is 0 Å². The number of pyridine rings is 1. The van der Waals surface area contributed by atoms with E-state index in [1.807, 2.05) is 36.4 Å². The first-order chi connectivity index (χ1) is 9.22. The number of carbonyl (C=O) groups excluding carboxylic acids is 1. The SMILES string of the molecule is O=C(Nc1cccc(Br)n1)c1cc2ccccc2[nH]1. The van der Waals surface area contributed by atoms with Gasteiger partial charge in [0, 0.05) is 10.9 Å². The molecule has 0 fully saturated rings. The molecule has 0 aliphatic carbocycles. The van der Waals surface area contributed by atoms with E-state index in [-0.39, 0.29) is 5.91 Å². The number of rotatable bonds is 2. The van der Waals surface area contributed by atoms with Gasteiger partial charge in [0.15, 0.2) is 0 Å². The Morgan fingerprint density at radius 3 is 2.79 bits per heavy atom. The first kappa shape index (κ1) is 11.9. The van der Waals surface area contributed by atoms with Crippen LogP contribution in [0.2, 0.25) is 0 Å². The second-order valence-corrected chi connectivity index (χ2v) is 4.88. The lowest BCUT2D eigenvalue weighted by Gasteiger charge is -2.02. The summed E-state index contributed by atoms with van der Waals surface area (Å²) in [5, 5.41) is 3.76. The van der Waals surface area contributed by atoms with Gasteiger partial charge in [0.1, 0.15) is 16.1 Å². The molecule has 1 amide bonds. The third kappa shape index (κ3) is 2.51. The number of para-hydroxylation sites is 1. The van der Waals surface area contributed by atoms with Crippen molar-refractivity contribution in [2.24, 2.45) is 0 Å². The summed E-state index contributed by atoms with van der Waals surface area (Å²) in [7, 11) is 0. The van der Waals surface area contributed by atoms with Gasteiger partial charge in [-0.15, -0.1) is 0 Å². The highest BCUT2D eigenvalue weighted by Crippen LogP contribution is 2.16. The minimum atomic E-state index is -0.207. The number of hydrogen-bond donors (Lipinski definition) is 2. The third-order valence-corrected chi connectivity index (χ3v) is 3.17. The summed E-state index contributed by atoms with van der Waals surface area (Å²) in [6, 6.07) is 14.9. The maximum atomic E-state index is 12.1. The number of nitrogens with one attached hydrogen (secondary N) is 2. The molecule has 19 heavy (non-hydrogen) atoms. The average Bonchev–Trinajstić information content (AvgIpc) is 2.82. The highest BCUT2D eigenvalue weighted by Gasteiger charge is 2.10. The molecule has 0 spiro atoms. The zero-order chi connectivity index (χ0) is 13.2. The Balaban J connectivity index is 1.87. The number of H-pyrrole nitrogens is 1. The minimum Gasteiger partial charge on any atom is -0.351 e. The number of fused-ring (bicyclic) bond motifs is 1. The van der Waals surface area contributed by atoms with Crippen molar-refractivity contribution in [3.8, 4) is 0 Å². The topological polar surface area (TPSA) is 57.8 Å². The summed E-state index contributed by atoms with van der Waals surface area (Å²) < 4.78 is 0.682. The number of halogens is 1. The quantitative estimate of drug-likeness (QED) is 0.710. The molecule has 2 aromatic heterocycles. The molecule has 0 atom stereocenters. The maximum Gasteiger partial charge on any atom is 0.273 e. The first-order valence-electron chi connectivity index (χ1n) is 5.74. The Labute approximate surface area is 118 Å². The van der Waals surface area contributed by atoms with Crippen LogP contribution in [-0.2, 0) is 0 Å². The number of aromatic nitrogens is 2. The lowest BCUT2D eigenvalue weighted by Crippen LogP contribution is -2.13. The van der Waals surface area contributed by atoms with Crippen molar-refractivity contribution in [3.63, 3.8) is 0 Å². The van der Waals surface area contributed by atoms with Gasteiger partial charge in [-0.1, -0.05) is 24.3 Å². The number of anilines is 1. The molecule has 4 nitrogen and oxygen atoms in total. The minimum absolute atomic E-state index is 0.207. The van der Waals surface area contributed by atoms with E-state index in [4.69, 9.17) is 0 Å². The Hall–Kier alpha value is -2.14. The third-order valence-electron chi connectivity index (χ3n) is 2.73. The number of aromatic amines is 1. The second-order valence-electron chi connectivity index (χ2n) is 4.07. The van der Waals surface area contributed by atoms with E-state index in [1.54, 1.807) is 12.1 Å². The zero-order valence-corrected chi connectivity index (χ0v) is 11.4. The van der Waals surface area contributed by atoms with E-state index in [0.717, 1.165) is 10.9 Å². The van der Waals surface area contributed by atoms with Gasteiger partial charge in [0.25, 0.3) is 5.91 Å². The fraction of sp³-hybridized carbons (Fsp3) is 0. The van der Waals surface area contributed by atoms with Crippen molar-refractivity contribution < 1.29 is 4.79 Å². The summed E-state index contributed by atoms with van der Waals surface area (Å²) >= 11 is 3.27. The smallest absolute Gasteiger partial charge is 0.273 e. The van der Waals surface area contributed by atoms with E-state index in [2.05, 4.69) is 31.2 Å². The van der Waals surface area contributed by atoms with Crippen molar-refractivity contribution in [2.75, 3.05) is 5.32 Å². The highest BCUT2D eigenvalue weighted by molar-refractivity contribution is 9.10. The zero-order valence-electron chi connectivity index (χ0n) is 9.85. The molecular formula is C14H10BrN3O. The molecule has 0 unspecified atom stereocenters. The van der Waals surface area contributed by atoms with Gasteiger partial charge in [0.05, 0.1) is 0 Å². The molecule has 0 saturated carbocycles. The second kappa shape index (κ2) is 4.85. The van der Waals surface area contributed by atoms with E-state index in [9.17, 15) is 4.79 Å². The number of amides is 1. The molecule has 1 aromatic carbocycles. The number of nitrogens with zero attached hydrogens (tertiary/aromatic N) is 1. The van der Waals surface area contributed by atoms with Crippen molar-refractivity contribution in [3.05, 3.63) is 58.8 Å². The molecule has 2 heterocycles. The molecule has 0 aliphatic heterocycles. The predicted octanol–water partition coefficient (Wildman–Crippen LogP) is 3.58. The van der Waals surface area contributed by atoms with E-state index < -0.39 is 0 Å². The van der Waals surface area contributed by atoms with Gasteiger partial charge in [-0.25, -0.2) is 4.98 Å². The molecule has 0 saturated heterocycles. The van der Waals surface area contributed by atoms with Crippen LogP contribution in [0.4, 0.5) is 5.82 Å². The highest BCUT2D eigenvalue weighted by atomic mass is 79.9. The maximum absolute atomic E-state index is 12.1. The van der Waals surface area contributed by atoms with Crippen LogP contribution in [0.5, 0.6) is 0 Å². The van der Waals surface area contributed by atoms with Gasteiger partial charge in [-0.2, -0.15) is 0 Å². The Kier molecular flexibility index (Phi) is 3.05. The summed E-state index contributed by atoms with van der Waals surface area (Å²) in [4.78, 5) is 19.3. The lowest BCUT2D eigenvalue weighted by atomic mass is 10.2. The molecule has 94 valence electrons. The number of benzene rings is 1. The van der Waals surface area contributed by atoms with Crippen LogP contribution in [-0.4, -0.2) is 15.9 Å². The summed E-state index contributed by atoms with van der Waals surface area (Å²) in [6.45, 7) is 0. The van der Waals surface area contributed by atoms with Crippen LogP contribution in [0.25, 0.3) is 10.9 Å². The van der Waals surface area contributed by atoms with Crippen molar-refractivity contribution >= 4 is 38.6 Å². The monoisotopic (exact) mass is 315 g/mol. The van der Waals surface area contributed by atoms with Crippen LogP contribution in [0, 0.1) is 0 Å². The Bertz CT molecular complexity index is 718. The number of carbonyl (C=O) groups is 1. The van der Waals surface area contributed by atoms with E-state index in [1.165, 1.54) is 0 Å². The molecule has 3 aromatic rings. The fourth-order valence-corrected chi connectivity index (χ4v) is 2.20. The Morgan fingerprint density at radius 1 is 1.16 bits per heavy atom. The summed E-state index contributed by atoms with van der Waals surface area (Å²) in [5.74, 6) is 0.305. The van der Waals surface area contributed by atoms with Crippen LogP contribution >= 0.6 is 15.9 Å². The van der Waals surface area contributed by atoms with Gasteiger partial charge in [-0.3, -0.25) is 4.79 Å². The predicted molar refractivity (Wildman–Crippen MR) is 78.2 cm³/mol. The molecule has 2 N–H and O–H groups in total. The molecule has 5 heteroatoms. The Morgan fingerprint density at radius 2 is 2.00 bits per heavy atom. The molecule has 0 aliphatic rings. The van der Waals surface area contributed by atoms with Crippen LogP contribution in [0.1, 0.15) is 10.5 Å². The van der Waals surface area contributed by atoms with Crippen LogP contribution in [0.3, 0.4) is 0 Å². The van der Waals surface area contributed by atoms with Gasteiger partial charge in [-0.05, 0) is 40.2 Å². The summed E-state index contributed by atoms with van der Waals surface area (Å²) in [5.41, 5.74) is 1.46.